The first-order valence-corrected chi connectivity index (χ1v) is 6.97. The Balaban J connectivity index is 1.83. The monoisotopic (exact) mass is 310 g/mol. The predicted octanol–water partition coefficient (Wildman–Crippen LogP) is 1.53. The van der Waals surface area contributed by atoms with Crippen molar-refractivity contribution in [3.05, 3.63) is 28.5 Å². The fraction of sp³-hybridized carbons (Fsp3) is 0.357. The van der Waals surface area contributed by atoms with Gasteiger partial charge in [-0.1, -0.05) is 11.6 Å². The normalized spacial score (nSPS) is 17.1. The zero-order valence-electron chi connectivity index (χ0n) is 11.0. The van der Waals surface area contributed by atoms with Gasteiger partial charge in [-0.05, 0) is 30.9 Å². The maximum atomic E-state index is 13.9. The topological polar surface area (TPSA) is 66.5 Å². The number of fused-ring (bicyclic) bond motifs is 1. The zero-order valence-corrected chi connectivity index (χ0v) is 11.7. The molecule has 1 fully saturated rings. The molecule has 2 aliphatic rings. The fourth-order valence-electron chi connectivity index (χ4n) is 2.28. The van der Waals surface area contributed by atoms with Crippen molar-refractivity contribution in [2.45, 2.75) is 12.8 Å². The Morgan fingerprint density at radius 3 is 2.76 bits per heavy atom. The second kappa shape index (κ2) is 5.11. The number of halogens is 2. The summed E-state index contributed by atoms with van der Waals surface area (Å²) in [7, 11) is 0. The van der Waals surface area contributed by atoms with Crippen molar-refractivity contribution in [3.8, 4) is 0 Å². The van der Waals surface area contributed by atoms with Crippen LogP contribution >= 0.6 is 11.6 Å². The summed E-state index contributed by atoms with van der Waals surface area (Å²) < 4.78 is 13.9. The molecule has 1 aromatic rings. The summed E-state index contributed by atoms with van der Waals surface area (Å²) in [6, 6.07) is 2.29. The van der Waals surface area contributed by atoms with E-state index in [0.717, 1.165) is 23.8 Å². The molecule has 0 unspecified atom stereocenters. The van der Waals surface area contributed by atoms with Gasteiger partial charge in [0.05, 0.1) is 16.3 Å². The van der Waals surface area contributed by atoms with Crippen molar-refractivity contribution in [1.29, 1.82) is 0 Å². The number of hydrogen-bond donors (Lipinski definition) is 1. The number of carbonyl (C=O) groups excluding carboxylic acids is 3. The van der Waals surface area contributed by atoms with Crippen LogP contribution < -0.4 is 10.2 Å². The van der Waals surface area contributed by atoms with E-state index in [-0.39, 0.29) is 22.8 Å². The van der Waals surface area contributed by atoms with Gasteiger partial charge in [0.25, 0.3) is 11.7 Å². The van der Waals surface area contributed by atoms with E-state index in [1.54, 1.807) is 0 Å². The summed E-state index contributed by atoms with van der Waals surface area (Å²) in [6.45, 7) is 0.154. The molecule has 1 heterocycles. The van der Waals surface area contributed by atoms with Gasteiger partial charge in [0, 0.05) is 6.54 Å². The lowest BCUT2D eigenvalue weighted by Gasteiger charge is -2.16. The molecule has 21 heavy (non-hydrogen) atoms. The molecule has 5 nitrogen and oxygen atoms in total. The lowest BCUT2D eigenvalue weighted by Crippen LogP contribution is -2.41. The Hall–Kier alpha value is -1.95. The van der Waals surface area contributed by atoms with Crippen LogP contribution in [0.4, 0.5) is 10.1 Å². The van der Waals surface area contributed by atoms with Crippen LogP contribution in [0, 0.1) is 11.7 Å². The highest BCUT2D eigenvalue weighted by atomic mass is 35.5. The molecular formula is C14H12ClFN2O3. The highest BCUT2D eigenvalue weighted by molar-refractivity contribution is 6.55. The summed E-state index contributed by atoms with van der Waals surface area (Å²) in [5, 5.41) is 2.68. The van der Waals surface area contributed by atoms with Crippen molar-refractivity contribution in [2.24, 2.45) is 5.92 Å². The molecule has 110 valence electrons. The third-order valence-corrected chi connectivity index (χ3v) is 3.92. The molecule has 0 aromatic heterocycles. The van der Waals surface area contributed by atoms with Gasteiger partial charge in [0.1, 0.15) is 12.4 Å². The minimum Gasteiger partial charge on any atom is -0.354 e. The molecule has 1 aliphatic carbocycles. The van der Waals surface area contributed by atoms with Crippen LogP contribution in [-0.2, 0) is 9.59 Å². The van der Waals surface area contributed by atoms with Crippen LogP contribution in [-0.4, -0.2) is 30.7 Å². The quantitative estimate of drug-likeness (QED) is 0.858. The maximum absolute atomic E-state index is 13.9. The Morgan fingerprint density at radius 1 is 1.38 bits per heavy atom. The highest BCUT2D eigenvalue weighted by Gasteiger charge is 2.40. The fourth-order valence-corrected chi connectivity index (χ4v) is 2.52. The molecule has 0 radical (unpaired) electrons. The zero-order chi connectivity index (χ0) is 15.1. The van der Waals surface area contributed by atoms with E-state index in [4.69, 9.17) is 11.6 Å². The van der Waals surface area contributed by atoms with Gasteiger partial charge in [0.15, 0.2) is 0 Å². The van der Waals surface area contributed by atoms with E-state index < -0.39 is 23.4 Å². The first-order valence-electron chi connectivity index (χ1n) is 6.60. The molecule has 3 rings (SSSR count). The minimum absolute atomic E-state index is 0.00522. The number of Topliss-reactive ketones (excluding diaryl/α,β-unsaturated/α-hetero) is 1. The number of benzene rings is 1. The van der Waals surface area contributed by atoms with Crippen molar-refractivity contribution >= 4 is 34.9 Å². The van der Waals surface area contributed by atoms with Gasteiger partial charge in [-0.3, -0.25) is 19.3 Å². The van der Waals surface area contributed by atoms with Gasteiger partial charge in [-0.15, -0.1) is 0 Å². The van der Waals surface area contributed by atoms with E-state index in [1.165, 1.54) is 6.07 Å². The molecule has 7 heteroatoms. The van der Waals surface area contributed by atoms with Gasteiger partial charge in [-0.25, -0.2) is 4.39 Å². The van der Waals surface area contributed by atoms with Gasteiger partial charge in [0.2, 0.25) is 5.91 Å². The van der Waals surface area contributed by atoms with Crippen LogP contribution in [0.25, 0.3) is 0 Å². The maximum Gasteiger partial charge on any atom is 0.300 e. The van der Waals surface area contributed by atoms with Crippen LogP contribution in [0.1, 0.15) is 23.2 Å². The Morgan fingerprint density at radius 2 is 2.10 bits per heavy atom. The number of amides is 2. The number of nitrogens with one attached hydrogen (secondary N) is 1. The lowest BCUT2D eigenvalue weighted by molar-refractivity contribution is -0.122. The number of ketones is 1. The largest absolute Gasteiger partial charge is 0.354 e. The summed E-state index contributed by atoms with van der Waals surface area (Å²) in [5.74, 6) is -2.50. The van der Waals surface area contributed by atoms with Crippen LogP contribution in [0.2, 0.25) is 5.02 Å². The van der Waals surface area contributed by atoms with Gasteiger partial charge >= 0.3 is 0 Å². The summed E-state index contributed by atoms with van der Waals surface area (Å²) in [6.07, 6.45) is 2.16. The number of nitrogens with zero attached hydrogens (tertiary/aromatic N) is 1. The van der Waals surface area contributed by atoms with E-state index in [0.29, 0.717) is 12.5 Å². The number of rotatable bonds is 4. The van der Waals surface area contributed by atoms with E-state index in [2.05, 4.69) is 5.32 Å². The first-order chi connectivity index (χ1) is 9.99. The van der Waals surface area contributed by atoms with E-state index in [1.807, 2.05) is 0 Å². The van der Waals surface area contributed by atoms with E-state index in [9.17, 15) is 18.8 Å². The van der Waals surface area contributed by atoms with Crippen molar-refractivity contribution in [2.75, 3.05) is 18.0 Å². The summed E-state index contributed by atoms with van der Waals surface area (Å²) >= 11 is 5.85. The third kappa shape index (κ3) is 2.51. The highest BCUT2D eigenvalue weighted by Crippen LogP contribution is 2.36. The first kappa shape index (κ1) is 14.0. The van der Waals surface area contributed by atoms with Crippen LogP contribution in [0.15, 0.2) is 12.1 Å². The van der Waals surface area contributed by atoms with Crippen LogP contribution in [0.5, 0.6) is 0 Å². The number of hydrogen-bond acceptors (Lipinski definition) is 3. The lowest BCUT2D eigenvalue weighted by atomic mass is 10.1. The molecule has 1 aromatic carbocycles. The predicted molar refractivity (Wildman–Crippen MR) is 73.8 cm³/mol. The minimum atomic E-state index is -0.932. The average Bonchev–Trinajstić information content (AvgIpc) is 3.24. The second-order valence-electron chi connectivity index (χ2n) is 5.22. The molecule has 0 bridgehead atoms. The molecular weight excluding hydrogens is 299 g/mol. The summed E-state index contributed by atoms with van der Waals surface area (Å²) in [5.41, 5.74) is -0.379. The second-order valence-corrected chi connectivity index (χ2v) is 5.63. The average molecular weight is 311 g/mol. The SMILES string of the molecule is O=C(CN1C(=O)C(=O)c2c(Cl)ccc(F)c21)NCC1CC1. The Labute approximate surface area is 125 Å². The van der Waals surface area contributed by atoms with Gasteiger partial charge in [-0.2, -0.15) is 0 Å². The Bertz CT molecular complexity index is 658. The smallest absolute Gasteiger partial charge is 0.300 e. The molecule has 1 N–H and O–H groups in total. The van der Waals surface area contributed by atoms with E-state index >= 15 is 0 Å². The summed E-state index contributed by atoms with van der Waals surface area (Å²) in [4.78, 5) is 36.5. The Kier molecular flexibility index (Phi) is 3.41. The molecule has 0 saturated heterocycles. The van der Waals surface area contributed by atoms with Crippen molar-refractivity contribution in [1.82, 2.24) is 5.32 Å². The molecule has 1 saturated carbocycles. The third-order valence-electron chi connectivity index (χ3n) is 3.60. The molecule has 2 amide bonds. The molecule has 0 atom stereocenters. The molecule has 1 aliphatic heterocycles. The van der Waals surface area contributed by atoms with Crippen molar-refractivity contribution < 1.29 is 18.8 Å². The number of carbonyl (C=O) groups is 3. The molecule has 0 spiro atoms. The van der Waals surface area contributed by atoms with Gasteiger partial charge < -0.3 is 5.32 Å². The van der Waals surface area contributed by atoms with Crippen molar-refractivity contribution in [3.63, 3.8) is 0 Å². The number of anilines is 1. The standard InChI is InChI=1S/C14H12ClFN2O3/c15-8-3-4-9(16)12-11(8)13(20)14(21)18(12)6-10(19)17-5-7-1-2-7/h3-4,7H,1-2,5-6H2,(H,17,19). The van der Waals surface area contributed by atoms with Crippen LogP contribution in [0.3, 0.4) is 0 Å².